The second-order valence-corrected chi connectivity index (χ2v) is 9.05. The largest absolute Gasteiger partial charge is 0.475 e. The van der Waals surface area contributed by atoms with Crippen molar-refractivity contribution in [3.63, 3.8) is 0 Å². The lowest BCUT2D eigenvalue weighted by Gasteiger charge is -2.18. The first-order valence-electron chi connectivity index (χ1n) is 9.80. The molecule has 0 aliphatic carbocycles. The zero-order valence-electron chi connectivity index (χ0n) is 18.0. The number of nitrogens with one attached hydrogen (secondary N) is 1. The summed E-state index contributed by atoms with van der Waals surface area (Å²) in [6.07, 6.45) is -0.000783. The molecule has 33 heavy (non-hydrogen) atoms. The van der Waals surface area contributed by atoms with Gasteiger partial charge in [-0.05, 0) is 13.1 Å². The van der Waals surface area contributed by atoms with E-state index in [0.29, 0.717) is 6.54 Å². The quantitative estimate of drug-likeness (QED) is 0.121. The van der Waals surface area contributed by atoms with Crippen molar-refractivity contribution in [2.24, 2.45) is 5.92 Å². The Morgan fingerprint density at radius 1 is 1.36 bits per heavy atom. The Hall–Kier alpha value is -2.00. The smallest absolute Gasteiger partial charge is 0.454 e. The first-order chi connectivity index (χ1) is 15.5. The molecule has 1 fully saturated rings. The topological polar surface area (TPSA) is 191 Å². The van der Waals surface area contributed by atoms with E-state index >= 15 is 0 Å². The molecule has 16 heteroatoms. The Morgan fingerprint density at radius 3 is 2.76 bits per heavy atom. The highest BCUT2D eigenvalue weighted by molar-refractivity contribution is 7.81. The molecule has 2 rings (SSSR count). The van der Waals surface area contributed by atoms with Gasteiger partial charge in [0.05, 0.1) is 19.1 Å². The molecule has 4 N–H and O–H groups in total. The highest BCUT2D eigenvalue weighted by Crippen LogP contribution is 2.45. The number of esters is 2. The number of hydrogen-bond donors (Lipinski definition) is 4. The van der Waals surface area contributed by atoms with Crippen molar-refractivity contribution < 1.29 is 42.3 Å². The van der Waals surface area contributed by atoms with E-state index in [2.05, 4.69) is 36.9 Å². The van der Waals surface area contributed by atoms with Gasteiger partial charge < -0.3 is 30.2 Å². The Balaban J connectivity index is 1.77. The molecule has 1 aromatic heterocycles. The molecule has 1 aromatic rings. The van der Waals surface area contributed by atoms with E-state index in [1.807, 2.05) is 0 Å². The molecular weight excluding hydrogens is 483 g/mol. The average Bonchev–Trinajstić information content (AvgIpc) is 3.03. The summed E-state index contributed by atoms with van der Waals surface area (Å²) in [7, 11) is -2.96. The molecule has 2 heterocycles. The minimum Gasteiger partial charge on any atom is -0.454 e. The Kier molecular flexibility index (Phi) is 10.3. The lowest BCUT2D eigenvalue weighted by Crippen LogP contribution is -2.30. The van der Waals surface area contributed by atoms with Gasteiger partial charge in [-0.2, -0.15) is 17.6 Å². The Bertz CT molecular complexity index is 931. The van der Waals surface area contributed by atoms with Gasteiger partial charge in [0.25, 0.3) is 0 Å². The van der Waals surface area contributed by atoms with E-state index in [9.17, 15) is 23.8 Å². The van der Waals surface area contributed by atoms with E-state index in [1.165, 1.54) is 16.8 Å². The number of nitrogens with zero attached hydrogens (tertiary/aromatic N) is 2. The van der Waals surface area contributed by atoms with Crippen LogP contribution in [-0.4, -0.2) is 71.3 Å². The lowest BCUT2D eigenvalue weighted by atomic mass is 10.1. The molecule has 0 aromatic carbocycles. The third-order valence-electron chi connectivity index (χ3n) is 4.58. The summed E-state index contributed by atoms with van der Waals surface area (Å²) in [5, 5.41) is 2.29. The van der Waals surface area contributed by atoms with Gasteiger partial charge in [0.15, 0.2) is 6.61 Å². The molecule has 186 valence electrons. The minimum absolute atomic E-state index is 0.0650. The summed E-state index contributed by atoms with van der Waals surface area (Å²) in [6, 6.07) is 1.44. The summed E-state index contributed by atoms with van der Waals surface area (Å²) >= 11 is 4.44. The molecule has 0 amide bonds. The standard InChI is InChI=1S/C17H27N4O10PS/c1-10-15(33)11(31-16(10)21-6-4-12(18)20-17(21)24)7-29-32(25,26)30-9-28-14(23)8-27-13(22)3-5-19-2/h4,6,10-11,15-16,19,33H,3,5,7-9H2,1-2H3,(H,25,26)(H2,18,20,24). The van der Waals surface area contributed by atoms with Gasteiger partial charge in [-0.1, -0.05) is 6.92 Å². The normalized spacial score (nSPS) is 24.2. The highest BCUT2D eigenvalue weighted by atomic mass is 32.1. The maximum atomic E-state index is 12.1. The number of rotatable bonds is 12. The van der Waals surface area contributed by atoms with Crippen LogP contribution in [0.5, 0.6) is 0 Å². The van der Waals surface area contributed by atoms with Crippen molar-refractivity contribution in [3.05, 3.63) is 22.7 Å². The van der Waals surface area contributed by atoms with Crippen molar-refractivity contribution >= 4 is 38.2 Å². The van der Waals surface area contributed by atoms with Crippen LogP contribution in [0.4, 0.5) is 5.82 Å². The van der Waals surface area contributed by atoms with Gasteiger partial charge in [-0.25, -0.2) is 18.7 Å². The predicted molar refractivity (Wildman–Crippen MR) is 116 cm³/mol. The molecule has 1 aliphatic rings. The summed E-state index contributed by atoms with van der Waals surface area (Å²) in [6.45, 7) is 0.204. The third-order valence-corrected chi connectivity index (χ3v) is 6.29. The van der Waals surface area contributed by atoms with Crippen LogP contribution >= 0.6 is 20.5 Å². The second-order valence-electron chi connectivity index (χ2n) is 7.00. The van der Waals surface area contributed by atoms with Gasteiger partial charge in [0.2, 0.25) is 6.79 Å². The van der Waals surface area contributed by atoms with Gasteiger partial charge in [0, 0.05) is 23.9 Å². The first-order valence-corrected chi connectivity index (χ1v) is 11.8. The lowest BCUT2D eigenvalue weighted by molar-refractivity contribution is -0.163. The van der Waals surface area contributed by atoms with Crippen molar-refractivity contribution in [3.8, 4) is 0 Å². The number of anilines is 1. The van der Waals surface area contributed by atoms with Gasteiger partial charge in [0.1, 0.15) is 12.0 Å². The fourth-order valence-electron chi connectivity index (χ4n) is 2.81. The number of phosphoric ester groups is 1. The van der Waals surface area contributed by atoms with Crippen molar-refractivity contribution in [1.29, 1.82) is 0 Å². The molecule has 0 saturated carbocycles. The zero-order valence-corrected chi connectivity index (χ0v) is 19.8. The average molecular weight is 510 g/mol. The molecule has 1 saturated heterocycles. The summed E-state index contributed by atoms with van der Waals surface area (Å²) in [5.74, 6) is -1.79. The summed E-state index contributed by atoms with van der Waals surface area (Å²) in [4.78, 5) is 48.3. The van der Waals surface area contributed by atoms with Crippen molar-refractivity contribution in [1.82, 2.24) is 14.9 Å². The number of ether oxygens (including phenoxy) is 3. The van der Waals surface area contributed by atoms with E-state index < -0.39 is 63.0 Å². The molecule has 0 spiro atoms. The van der Waals surface area contributed by atoms with Crippen LogP contribution in [0, 0.1) is 5.92 Å². The molecule has 0 bridgehead atoms. The van der Waals surface area contributed by atoms with Crippen LogP contribution in [0.3, 0.4) is 0 Å². The van der Waals surface area contributed by atoms with E-state index in [0.717, 1.165) is 0 Å². The number of carbonyl (C=O) groups excluding carboxylic acids is 2. The maximum Gasteiger partial charge on any atom is 0.475 e. The van der Waals surface area contributed by atoms with Crippen LogP contribution in [0.25, 0.3) is 0 Å². The Labute approximate surface area is 194 Å². The fraction of sp³-hybridized carbons (Fsp3) is 0.647. The minimum atomic E-state index is -4.61. The summed E-state index contributed by atoms with van der Waals surface area (Å²) in [5.41, 5.74) is 4.88. The summed E-state index contributed by atoms with van der Waals surface area (Å²) < 4.78 is 37.7. The van der Waals surface area contributed by atoms with Crippen LogP contribution in [-0.2, 0) is 37.4 Å². The SMILES string of the molecule is CNCCC(=O)OCC(=O)OCOP(=O)(O)OCC1OC(n2ccc(N)nc2=O)C(C)C1S. The second kappa shape index (κ2) is 12.5. The number of hydrogen-bond acceptors (Lipinski definition) is 13. The monoisotopic (exact) mass is 510 g/mol. The Morgan fingerprint density at radius 2 is 2.09 bits per heavy atom. The van der Waals surface area contributed by atoms with E-state index in [1.54, 1.807) is 14.0 Å². The molecule has 5 atom stereocenters. The van der Waals surface area contributed by atoms with Crippen LogP contribution in [0.15, 0.2) is 17.1 Å². The van der Waals surface area contributed by atoms with Crippen molar-refractivity contribution in [2.75, 3.05) is 39.3 Å². The molecule has 5 unspecified atom stereocenters. The number of carbonyl (C=O) groups is 2. The third kappa shape index (κ3) is 8.37. The number of phosphoric acid groups is 1. The number of thiol groups is 1. The van der Waals surface area contributed by atoms with Crippen LogP contribution in [0.2, 0.25) is 0 Å². The zero-order chi connectivity index (χ0) is 24.6. The predicted octanol–water partition coefficient (Wildman–Crippen LogP) is -0.556. The first kappa shape index (κ1) is 27.2. The highest BCUT2D eigenvalue weighted by Gasteiger charge is 2.42. The van der Waals surface area contributed by atoms with Gasteiger partial charge >= 0.3 is 25.5 Å². The molecular formula is C17H27N4O10PS. The van der Waals surface area contributed by atoms with Crippen molar-refractivity contribution in [2.45, 2.75) is 30.9 Å². The van der Waals surface area contributed by atoms with Crippen LogP contribution in [0.1, 0.15) is 19.6 Å². The van der Waals surface area contributed by atoms with Gasteiger partial charge in [-0.3, -0.25) is 13.9 Å². The molecule has 0 radical (unpaired) electrons. The van der Waals surface area contributed by atoms with Crippen LogP contribution < -0.4 is 16.7 Å². The van der Waals surface area contributed by atoms with Gasteiger partial charge in [-0.15, -0.1) is 0 Å². The molecule has 14 nitrogen and oxygen atoms in total. The number of aromatic nitrogens is 2. The fourth-order valence-corrected chi connectivity index (χ4v) is 3.71. The number of nitrogens with two attached hydrogens (primary N) is 1. The maximum absolute atomic E-state index is 12.1. The number of nitrogen functional groups attached to an aromatic ring is 1. The molecule has 1 aliphatic heterocycles. The van der Waals surface area contributed by atoms with E-state index in [-0.39, 0.29) is 18.2 Å². The van der Waals surface area contributed by atoms with E-state index in [4.69, 9.17) is 15.0 Å².